The fraction of sp³-hybridized carbons (Fsp3) is 0.222. The Balaban J connectivity index is 1.43. The number of pyridine rings is 1. The van der Waals surface area contributed by atoms with E-state index >= 15 is 0 Å². The summed E-state index contributed by atoms with van der Waals surface area (Å²) in [5, 5.41) is 5.92. The van der Waals surface area contributed by atoms with Crippen molar-refractivity contribution >= 4 is 38.1 Å². The molecule has 1 aromatic carbocycles. The molecule has 1 aliphatic heterocycles. The third-order valence-corrected chi connectivity index (χ3v) is 6.45. The first-order valence-corrected chi connectivity index (χ1v) is 11.0. The number of anilines is 3. The van der Waals surface area contributed by atoms with Crippen LogP contribution in [0.1, 0.15) is 0 Å². The number of hydrogen-bond acceptors (Lipinski definition) is 7. The lowest BCUT2D eigenvalue weighted by molar-refractivity contribution is 0.0733. The van der Waals surface area contributed by atoms with E-state index in [1.54, 1.807) is 24.5 Å². The number of rotatable bonds is 6. The molecule has 28 heavy (non-hydrogen) atoms. The van der Waals surface area contributed by atoms with Crippen LogP contribution in [0.3, 0.4) is 0 Å². The largest absolute Gasteiger partial charge is 0.379 e. The van der Waals surface area contributed by atoms with Gasteiger partial charge in [-0.1, -0.05) is 12.1 Å². The van der Waals surface area contributed by atoms with Crippen LogP contribution in [0.15, 0.2) is 54.2 Å². The number of hydrogen-bond donors (Lipinski definition) is 2. The lowest BCUT2D eigenvalue weighted by Crippen LogP contribution is -2.43. The fourth-order valence-electron chi connectivity index (χ4n) is 2.73. The Morgan fingerprint density at radius 3 is 2.57 bits per heavy atom. The second-order valence-electron chi connectivity index (χ2n) is 6.10. The molecule has 2 aromatic heterocycles. The molecule has 1 saturated heterocycles. The van der Waals surface area contributed by atoms with Crippen molar-refractivity contribution in [3.05, 3.63) is 54.2 Å². The molecule has 1 aliphatic rings. The van der Waals surface area contributed by atoms with Crippen molar-refractivity contribution in [1.29, 1.82) is 0 Å². The smallest absolute Gasteiger partial charge is 0.301 e. The van der Waals surface area contributed by atoms with E-state index in [0.29, 0.717) is 32.0 Å². The van der Waals surface area contributed by atoms with Gasteiger partial charge in [0.1, 0.15) is 0 Å². The number of ether oxygens (including phenoxy) is 1. The second-order valence-corrected chi connectivity index (χ2v) is 8.63. The lowest BCUT2D eigenvalue weighted by atomic mass is 10.1. The Kier molecular flexibility index (Phi) is 5.53. The summed E-state index contributed by atoms with van der Waals surface area (Å²) in [5.41, 5.74) is 3.11. The van der Waals surface area contributed by atoms with Crippen molar-refractivity contribution < 1.29 is 13.2 Å². The standard InChI is InChI=1S/C18H19N5O3S2/c24-28(25,23-8-10-26-11-9-23)22-15-5-3-14(4-6-15)17-13-27-18(21-17)20-16-2-1-7-19-12-16/h1-7,12-13,22H,8-11H2,(H,20,21). The summed E-state index contributed by atoms with van der Waals surface area (Å²) in [7, 11) is -3.57. The third kappa shape index (κ3) is 4.47. The summed E-state index contributed by atoms with van der Waals surface area (Å²) in [4.78, 5) is 8.64. The van der Waals surface area contributed by atoms with E-state index in [9.17, 15) is 8.42 Å². The number of thiazole rings is 1. The fourth-order valence-corrected chi connectivity index (χ4v) is 4.67. The van der Waals surface area contributed by atoms with Gasteiger partial charge in [-0.3, -0.25) is 9.71 Å². The SMILES string of the molecule is O=S(=O)(Nc1ccc(-c2csc(Nc3cccnc3)n2)cc1)N1CCOCC1. The highest BCUT2D eigenvalue weighted by atomic mass is 32.2. The molecule has 0 spiro atoms. The summed E-state index contributed by atoms with van der Waals surface area (Å²) < 4.78 is 34.0. The van der Waals surface area contributed by atoms with Crippen molar-refractivity contribution in [3.63, 3.8) is 0 Å². The third-order valence-electron chi connectivity index (χ3n) is 4.15. The van der Waals surface area contributed by atoms with Crippen LogP contribution in [-0.4, -0.2) is 49.0 Å². The molecule has 146 valence electrons. The molecule has 0 unspecified atom stereocenters. The molecule has 0 amide bonds. The quantitative estimate of drug-likeness (QED) is 0.640. The summed E-state index contributed by atoms with van der Waals surface area (Å²) in [6.45, 7) is 1.55. The zero-order valence-electron chi connectivity index (χ0n) is 14.9. The van der Waals surface area contributed by atoms with Crippen LogP contribution < -0.4 is 10.0 Å². The molecule has 1 fully saturated rings. The van der Waals surface area contributed by atoms with Crippen molar-refractivity contribution in [2.75, 3.05) is 36.3 Å². The van der Waals surface area contributed by atoms with Crippen molar-refractivity contribution in [2.45, 2.75) is 0 Å². The van der Waals surface area contributed by atoms with Gasteiger partial charge in [0.05, 0.1) is 30.8 Å². The summed E-state index contributed by atoms with van der Waals surface area (Å²) in [6, 6.07) is 10.9. The molecule has 0 aliphatic carbocycles. The van der Waals surface area contributed by atoms with Gasteiger partial charge in [0.25, 0.3) is 0 Å². The highest BCUT2D eigenvalue weighted by Gasteiger charge is 2.24. The maximum atomic E-state index is 12.4. The van der Waals surface area contributed by atoms with E-state index in [4.69, 9.17) is 4.74 Å². The van der Waals surface area contributed by atoms with Gasteiger partial charge in [-0.05, 0) is 24.3 Å². The molecule has 0 radical (unpaired) electrons. The van der Waals surface area contributed by atoms with Gasteiger partial charge in [-0.15, -0.1) is 11.3 Å². The Morgan fingerprint density at radius 2 is 1.86 bits per heavy atom. The predicted molar refractivity (Wildman–Crippen MR) is 110 cm³/mol. The Hall–Kier alpha value is -2.53. The molecular weight excluding hydrogens is 398 g/mol. The zero-order valence-corrected chi connectivity index (χ0v) is 16.5. The molecule has 2 N–H and O–H groups in total. The van der Waals surface area contributed by atoms with Crippen LogP contribution >= 0.6 is 11.3 Å². The van der Waals surface area contributed by atoms with Crippen LogP contribution in [0, 0.1) is 0 Å². The number of nitrogens with zero attached hydrogens (tertiary/aromatic N) is 3. The summed E-state index contributed by atoms with van der Waals surface area (Å²) >= 11 is 1.49. The minimum Gasteiger partial charge on any atom is -0.379 e. The zero-order chi connectivity index (χ0) is 19.4. The first kappa shape index (κ1) is 18.8. The van der Waals surface area contributed by atoms with Crippen molar-refractivity contribution in [1.82, 2.24) is 14.3 Å². The average Bonchev–Trinajstić information content (AvgIpc) is 3.18. The lowest BCUT2D eigenvalue weighted by Gasteiger charge is -2.26. The van der Waals surface area contributed by atoms with E-state index in [2.05, 4.69) is 20.0 Å². The number of benzene rings is 1. The Morgan fingerprint density at radius 1 is 1.07 bits per heavy atom. The van der Waals surface area contributed by atoms with Crippen molar-refractivity contribution in [2.24, 2.45) is 0 Å². The van der Waals surface area contributed by atoms with E-state index < -0.39 is 10.2 Å². The van der Waals surface area contributed by atoms with Gasteiger partial charge in [0.15, 0.2) is 5.13 Å². The molecule has 0 saturated carbocycles. The van der Waals surface area contributed by atoms with Gasteiger partial charge in [0, 0.05) is 35.9 Å². The highest BCUT2D eigenvalue weighted by molar-refractivity contribution is 7.90. The molecular formula is C18H19N5O3S2. The molecule has 4 rings (SSSR count). The van der Waals surface area contributed by atoms with Crippen LogP contribution in [0.5, 0.6) is 0 Å². The predicted octanol–water partition coefficient (Wildman–Crippen LogP) is 2.94. The number of nitrogens with one attached hydrogen (secondary N) is 2. The molecule has 0 bridgehead atoms. The molecule has 10 heteroatoms. The molecule has 8 nitrogen and oxygen atoms in total. The first-order valence-electron chi connectivity index (χ1n) is 8.69. The monoisotopic (exact) mass is 417 g/mol. The normalized spacial score (nSPS) is 15.3. The van der Waals surface area contributed by atoms with E-state index in [1.807, 2.05) is 29.6 Å². The average molecular weight is 418 g/mol. The van der Waals surface area contributed by atoms with Crippen LogP contribution in [0.2, 0.25) is 0 Å². The van der Waals surface area contributed by atoms with Crippen LogP contribution in [0.4, 0.5) is 16.5 Å². The van der Waals surface area contributed by atoms with E-state index in [1.165, 1.54) is 15.6 Å². The van der Waals surface area contributed by atoms with E-state index in [0.717, 1.165) is 22.1 Å². The van der Waals surface area contributed by atoms with Crippen LogP contribution in [-0.2, 0) is 14.9 Å². The van der Waals surface area contributed by atoms with Gasteiger partial charge in [-0.2, -0.15) is 12.7 Å². The molecule has 3 aromatic rings. The Bertz CT molecular complexity index is 1020. The maximum Gasteiger partial charge on any atom is 0.301 e. The molecule has 0 atom stereocenters. The topological polar surface area (TPSA) is 96.5 Å². The van der Waals surface area contributed by atoms with E-state index in [-0.39, 0.29) is 0 Å². The maximum absolute atomic E-state index is 12.4. The molecule has 3 heterocycles. The second kappa shape index (κ2) is 8.23. The number of aromatic nitrogens is 2. The van der Waals surface area contributed by atoms with Gasteiger partial charge in [0.2, 0.25) is 0 Å². The van der Waals surface area contributed by atoms with Crippen molar-refractivity contribution in [3.8, 4) is 11.3 Å². The van der Waals surface area contributed by atoms with Gasteiger partial charge < -0.3 is 10.1 Å². The Labute approximate surface area is 167 Å². The first-order chi connectivity index (χ1) is 13.6. The number of morpholine rings is 1. The minimum absolute atomic E-state index is 0.360. The van der Waals surface area contributed by atoms with Crippen LogP contribution in [0.25, 0.3) is 11.3 Å². The van der Waals surface area contributed by atoms with Gasteiger partial charge >= 0.3 is 10.2 Å². The minimum atomic E-state index is -3.57. The summed E-state index contributed by atoms with van der Waals surface area (Å²) in [6.07, 6.45) is 3.45. The summed E-state index contributed by atoms with van der Waals surface area (Å²) in [5.74, 6) is 0. The highest BCUT2D eigenvalue weighted by Crippen LogP contribution is 2.28. The van der Waals surface area contributed by atoms with Gasteiger partial charge in [-0.25, -0.2) is 4.98 Å².